The second kappa shape index (κ2) is 7.22. The lowest BCUT2D eigenvalue weighted by Gasteiger charge is -2.21. The molecule has 2 aromatic carbocycles. The van der Waals surface area contributed by atoms with Gasteiger partial charge >= 0.3 is 0 Å². The first-order chi connectivity index (χ1) is 10.1. The molecule has 0 aliphatic heterocycles. The van der Waals surface area contributed by atoms with E-state index in [0.717, 1.165) is 11.8 Å². The normalized spacial score (nSPS) is 10.4. The van der Waals surface area contributed by atoms with Crippen molar-refractivity contribution in [2.75, 3.05) is 17.2 Å². The molecule has 0 aliphatic carbocycles. The number of thioether (sulfide) groups is 1. The highest BCUT2D eigenvalue weighted by atomic mass is 32.2. The van der Waals surface area contributed by atoms with Gasteiger partial charge in [-0.3, -0.25) is 4.79 Å². The highest BCUT2D eigenvalue weighted by Gasteiger charge is 2.15. The number of carbonyl (C=O) groups is 1. The Labute approximate surface area is 126 Å². The SMILES string of the molecule is CCN(C(=O)CSc1ccccc1F)c1ccc(F)cc1. The molecular weight excluding hydrogens is 292 g/mol. The van der Waals surface area contributed by atoms with Crippen LogP contribution in [0.4, 0.5) is 14.5 Å². The molecule has 0 aliphatic rings. The van der Waals surface area contributed by atoms with Crippen LogP contribution in [0.2, 0.25) is 0 Å². The molecule has 0 atom stereocenters. The number of halogens is 2. The molecule has 0 spiro atoms. The molecule has 5 heteroatoms. The monoisotopic (exact) mass is 307 g/mol. The van der Waals surface area contributed by atoms with Crippen molar-refractivity contribution in [1.29, 1.82) is 0 Å². The first-order valence-corrected chi connectivity index (χ1v) is 7.53. The first-order valence-electron chi connectivity index (χ1n) is 6.55. The number of hydrogen-bond acceptors (Lipinski definition) is 2. The maximum atomic E-state index is 13.5. The zero-order valence-corrected chi connectivity index (χ0v) is 12.4. The average molecular weight is 307 g/mol. The molecule has 0 saturated carbocycles. The van der Waals surface area contributed by atoms with Gasteiger partial charge in [0, 0.05) is 17.1 Å². The topological polar surface area (TPSA) is 20.3 Å². The molecule has 2 nitrogen and oxygen atoms in total. The van der Waals surface area contributed by atoms with Gasteiger partial charge in [-0.1, -0.05) is 12.1 Å². The fourth-order valence-electron chi connectivity index (χ4n) is 1.90. The van der Waals surface area contributed by atoms with E-state index in [1.807, 2.05) is 6.92 Å². The Balaban J connectivity index is 2.04. The average Bonchev–Trinajstić information content (AvgIpc) is 2.49. The molecule has 0 saturated heterocycles. The fraction of sp³-hybridized carbons (Fsp3) is 0.188. The number of nitrogens with zero attached hydrogens (tertiary/aromatic N) is 1. The molecule has 1 amide bonds. The molecule has 0 aromatic heterocycles. The van der Waals surface area contributed by atoms with Gasteiger partial charge in [-0.25, -0.2) is 8.78 Å². The van der Waals surface area contributed by atoms with Crippen molar-refractivity contribution in [3.8, 4) is 0 Å². The second-order valence-corrected chi connectivity index (χ2v) is 5.35. The third-order valence-electron chi connectivity index (χ3n) is 2.94. The van der Waals surface area contributed by atoms with Crippen LogP contribution in [0, 0.1) is 11.6 Å². The van der Waals surface area contributed by atoms with Gasteiger partial charge < -0.3 is 4.90 Å². The van der Waals surface area contributed by atoms with Crippen LogP contribution in [0.25, 0.3) is 0 Å². The summed E-state index contributed by atoms with van der Waals surface area (Å²) in [5, 5.41) is 0. The Hall–Kier alpha value is -1.88. The minimum absolute atomic E-state index is 0.131. The van der Waals surface area contributed by atoms with Crippen LogP contribution in [-0.2, 0) is 4.79 Å². The molecular formula is C16H15F2NOS. The minimum atomic E-state index is -0.344. The second-order valence-electron chi connectivity index (χ2n) is 4.33. The van der Waals surface area contributed by atoms with E-state index in [0.29, 0.717) is 17.1 Å². The number of amides is 1. The van der Waals surface area contributed by atoms with Gasteiger partial charge in [0.1, 0.15) is 11.6 Å². The molecule has 110 valence electrons. The predicted molar refractivity (Wildman–Crippen MR) is 81.6 cm³/mol. The van der Waals surface area contributed by atoms with Crippen LogP contribution >= 0.6 is 11.8 Å². The molecule has 0 fully saturated rings. The number of hydrogen-bond donors (Lipinski definition) is 0. The third-order valence-corrected chi connectivity index (χ3v) is 3.98. The van der Waals surface area contributed by atoms with Crippen molar-refractivity contribution in [3.63, 3.8) is 0 Å². The Morgan fingerprint density at radius 1 is 1.10 bits per heavy atom. The zero-order valence-electron chi connectivity index (χ0n) is 11.6. The van der Waals surface area contributed by atoms with Gasteiger partial charge in [-0.05, 0) is 43.3 Å². The van der Waals surface area contributed by atoms with Crippen molar-refractivity contribution in [2.24, 2.45) is 0 Å². The lowest BCUT2D eigenvalue weighted by molar-refractivity contribution is -0.116. The first kappa shape index (κ1) is 15.5. The Morgan fingerprint density at radius 3 is 2.38 bits per heavy atom. The Morgan fingerprint density at radius 2 is 1.76 bits per heavy atom. The van der Waals surface area contributed by atoms with Crippen molar-refractivity contribution >= 4 is 23.4 Å². The Kier molecular flexibility index (Phi) is 5.33. The quantitative estimate of drug-likeness (QED) is 0.775. The summed E-state index contributed by atoms with van der Waals surface area (Å²) in [5.41, 5.74) is 0.637. The van der Waals surface area contributed by atoms with Crippen LogP contribution < -0.4 is 4.90 Å². The van der Waals surface area contributed by atoms with Crippen LogP contribution in [-0.4, -0.2) is 18.2 Å². The van der Waals surface area contributed by atoms with E-state index in [9.17, 15) is 13.6 Å². The molecule has 2 rings (SSSR count). The van der Waals surface area contributed by atoms with Crippen molar-refractivity contribution < 1.29 is 13.6 Å². The van der Waals surface area contributed by atoms with Gasteiger partial charge in [0.2, 0.25) is 5.91 Å². The van der Waals surface area contributed by atoms with E-state index >= 15 is 0 Å². The van der Waals surface area contributed by atoms with Crippen molar-refractivity contribution in [2.45, 2.75) is 11.8 Å². The largest absolute Gasteiger partial charge is 0.312 e. The van der Waals surface area contributed by atoms with E-state index in [1.165, 1.54) is 18.2 Å². The molecule has 2 aromatic rings. The van der Waals surface area contributed by atoms with Gasteiger partial charge in [-0.15, -0.1) is 11.8 Å². The van der Waals surface area contributed by atoms with Crippen LogP contribution in [0.15, 0.2) is 53.4 Å². The molecule has 0 N–H and O–H groups in total. The van der Waals surface area contributed by atoms with Gasteiger partial charge in [0.05, 0.1) is 5.75 Å². The molecule has 21 heavy (non-hydrogen) atoms. The van der Waals surface area contributed by atoms with E-state index < -0.39 is 0 Å². The summed E-state index contributed by atoms with van der Waals surface area (Å²) in [6, 6.07) is 12.1. The van der Waals surface area contributed by atoms with E-state index in [2.05, 4.69) is 0 Å². The lowest BCUT2D eigenvalue weighted by Crippen LogP contribution is -2.32. The summed E-state index contributed by atoms with van der Waals surface area (Å²) in [5.74, 6) is -0.688. The number of rotatable bonds is 5. The highest BCUT2D eigenvalue weighted by molar-refractivity contribution is 8.00. The summed E-state index contributed by atoms with van der Waals surface area (Å²) in [6.45, 7) is 2.32. The summed E-state index contributed by atoms with van der Waals surface area (Å²) < 4.78 is 26.4. The predicted octanol–water partition coefficient (Wildman–Crippen LogP) is 4.11. The third kappa shape index (κ3) is 4.04. The van der Waals surface area contributed by atoms with Gasteiger partial charge in [-0.2, -0.15) is 0 Å². The van der Waals surface area contributed by atoms with E-state index in [-0.39, 0.29) is 23.3 Å². The van der Waals surface area contributed by atoms with Crippen LogP contribution in [0.3, 0.4) is 0 Å². The Bertz CT molecular complexity index is 616. The van der Waals surface area contributed by atoms with Gasteiger partial charge in [0.25, 0.3) is 0 Å². The zero-order chi connectivity index (χ0) is 15.2. The maximum Gasteiger partial charge on any atom is 0.237 e. The molecule has 0 heterocycles. The van der Waals surface area contributed by atoms with E-state index in [4.69, 9.17) is 0 Å². The van der Waals surface area contributed by atoms with Gasteiger partial charge in [0.15, 0.2) is 0 Å². The smallest absolute Gasteiger partial charge is 0.237 e. The molecule has 0 unspecified atom stereocenters. The maximum absolute atomic E-state index is 13.5. The van der Waals surface area contributed by atoms with E-state index in [1.54, 1.807) is 35.2 Å². The number of benzene rings is 2. The number of anilines is 1. The lowest BCUT2D eigenvalue weighted by atomic mass is 10.3. The summed E-state index contributed by atoms with van der Waals surface area (Å²) in [7, 11) is 0. The molecule has 0 radical (unpaired) electrons. The summed E-state index contributed by atoms with van der Waals surface area (Å²) in [4.78, 5) is 14.2. The number of carbonyl (C=O) groups excluding carboxylic acids is 1. The standard InChI is InChI=1S/C16H15F2NOS/c1-2-19(13-9-7-12(17)8-10-13)16(20)11-21-15-6-4-3-5-14(15)18/h3-10H,2,11H2,1H3. The fourth-order valence-corrected chi connectivity index (χ4v) is 2.72. The minimum Gasteiger partial charge on any atom is -0.312 e. The van der Waals surface area contributed by atoms with Crippen molar-refractivity contribution in [3.05, 3.63) is 60.2 Å². The summed E-state index contributed by atoms with van der Waals surface area (Å²) >= 11 is 1.16. The highest BCUT2D eigenvalue weighted by Crippen LogP contribution is 2.23. The molecule has 0 bridgehead atoms. The summed E-state index contributed by atoms with van der Waals surface area (Å²) in [6.07, 6.45) is 0. The van der Waals surface area contributed by atoms with Crippen LogP contribution in [0.1, 0.15) is 6.92 Å². The van der Waals surface area contributed by atoms with Crippen LogP contribution in [0.5, 0.6) is 0 Å². The van der Waals surface area contributed by atoms with Crippen molar-refractivity contribution in [1.82, 2.24) is 0 Å².